The fourth-order valence-corrected chi connectivity index (χ4v) is 3.35. The van der Waals surface area contributed by atoms with Crippen LogP contribution in [-0.4, -0.2) is 50.1 Å². The van der Waals surface area contributed by atoms with Crippen molar-refractivity contribution in [3.05, 3.63) is 28.8 Å². The summed E-state index contributed by atoms with van der Waals surface area (Å²) in [5.41, 5.74) is 0.832. The Morgan fingerprint density at radius 2 is 1.70 bits per heavy atom. The van der Waals surface area contributed by atoms with Gasteiger partial charge in [-0.3, -0.25) is 4.79 Å². The topological polar surface area (TPSA) is 91.8 Å². The van der Waals surface area contributed by atoms with Crippen LogP contribution < -0.4 is 0 Å². The van der Waals surface area contributed by atoms with Crippen LogP contribution in [0.25, 0.3) is 0 Å². The minimum Gasteiger partial charge on any atom is -0.478 e. The number of aromatic carboxylic acids is 1. The molecule has 1 N–H and O–H groups in total. The van der Waals surface area contributed by atoms with Crippen molar-refractivity contribution in [1.82, 2.24) is 4.90 Å². The summed E-state index contributed by atoms with van der Waals surface area (Å²) >= 11 is 0. The molecule has 1 aromatic carbocycles. The third-order valence-electron chi connectivity index (χ3n) is 2.90. The minimum absolute atomic E-state index is 0.0773. The van der Waals surface area contributed by atoms with Gasteiger partial charge in [0, 0.05) is 14.1 Å². The Morgan fingerprint density at radius 3 is 2.15 bits per heavy atom. The van der Waals surface area contributed by atoms with E-state index in [1.165, 1.54) is 25.1 Å². The largest absolute Gasteiger partial charge is 0.478 e. The SMILES string of the molecule is Cc1cc(C)c(S(=O)(=O)CC(=O)N(C)C)cc1C(=O)O. The van der Waals surface area contributed by atoms with E-state index < -0.39 is 27.5 Å². The van der Waals surface area contributed by atoms with Gasteiger partial charge in [-0.25, -0.2) is 13.2 Å². The highest BCUT2D eigenvalue weighted by atomic mass is 32.2. The second-order valence-electron chi connectivity index (χ2n) is 4.79. The summed E-state index contributed by atoms with van der Waals surface area (Å²) in [5.74, 6) is -2.43. The van der Waals surface area contributed by atoms with Crippen molar-refractivity contribution in [3.8, 4) is 0 Å². The summed E-state index contributed by atoms with van der Waals surface area (Å²) in [4.78, 5) is 23.7. The van der Waals surface area contributed by atoms with Gasteiger partial charge in [-0.1, -0.05) is 6.07 Å². The monoisotopic (exact) mass is 299 g/mol. The van der Waals surface area contributed by atoms with Crippen LogP contribution in [0.2, 0.25) is 0 Å². The van der Waals surface area contributed by atoms with Gasteiger partial charge in [0.05, 0.1) is 10.5 Å². The van der Waals surface area contributed by atoms with Crippen LogP contribution >= 0.6 is 0 Å². The third-order valence-corrected chi connectivity index (χ3v) is 4.64. The molecule has 0 spiro atoms. The molecule has 0 aliphatic rings. The lowest BCUT2D eigenvalue weighted by Gasteiger charge is -2.13. The summed E-state index contributed by atoms with van der Waals surface area (Å²) in [7, 11) is -0.941. The van der Waals surface area contributed by atoms with E-state index in [1.807, 2.05) is 0 Å². The molecule has 1 rings (SSSR count). The van der Waals surface area contributed by atoms with Gasteiger partial charge in [-0.15, -0.1) is 0 Å². The Morgan fingerprint density at radius 1 is 1.15 bits per heavy atom. The van der Waals surface area contributed by atoms with Gasteiger partial charge in [-0.2, -0.15) is 0 Å². The average Bonchev–Trinajstić information content (AvgIpc) is 2.26. The van der Waals surface area contributed by atoms with Gasteiger partial charge in [-0.05, 0) is 31.0 Å². The molecule has 0 bridgehead atoms. The molecule has 110 valence electrons. The van der Waals surface area contributed by atoms with Crippen molar-refractivity contribution < 1.29 is 23.1 Å². The van der Waals surface area contributed by atoms with Crippen molar-refractivity contribution in [2.24, 2.45) is 0 Å². The van der Waals surface area contributed by atoms with Crippen LogP contribution in [0.15, 0.2) is 17.0 Å². The van der Waals surface area contributed by atoms with Gasteiger partial charge in [0.15, 0.2) is 9.84 Å². The highest BCUT2D eigenvalue weighted by Gasteiger charge is 2.24. The van der Waals surface area contributed by atoms with Gasteiger partial charge in [0.2, 0.25) is 5.91 Å². The fraction of sp³-hybridized carbons (Fsp3) is 0.385. The lowest BCUT2D eigenvalue weighted by molar-refractivity contribution is -0.125. The summed E-state index contributed by atoms with van der Waals surface area (Å²) < 4.78 is 24.4. The third kappa shape index (κ3) is 3.36. The highest BCUT2D eigenvalue weighted by molar-refractivity contribution is 7.92. The van der Waals surface area contributed by atoms with Crippen LogP contribution in [0, 0.1) is 13.8 Å². The van der Waals surface area contributed by atoms with E-state index >= 15 is 0 Å². The first-order valence-corrected chi connectivity index (χ1v) is 7.49. The number of carboxylic acids is 1. The van der Waals surface area contributed by atoms with Crippen molar-refractivity contribution >= 4 is 21.7 Å². The van der Waals surface area contributed by atoms with E-state index in [1.54, 1.807) is 13.8 Å². The Hall–Kier alpha value is -1.89. The predicted octanol–water partition coefficient (Wildman–Crippen LogP) is 0.864. The molecule has 20 heavy (non-hydrogen) atoms. The summed E-state index contributed by atoms with van der Waals surface area (Å²) in [6.45, 7) is 3.17. The number of hydrogen-bond donors (Lipinski definition) is 1. The maximum atomic E-state index is 12.2. The van der Waals surface area contributed by atoms with Crippen molar-refractivity contribution in [3.63, 3.8) is 0 Å². The molecule has 0 fully saturated rings. The zero-order valence-electron chi connectivity index (χ0n) is 11.8. The predicted molar refractivity (Wildman–Crippen MR) is 73.6 cm³/mol. The highest BCUT2D eigenvalue weighted by Crippen LogP contribution is 2.22. The molecule has 0 atom stereocenters. The zero-order valence-corrected chi connectivity index (χ0v) is 12.6. The Labute approximate surface area is 117 Å². The first-order chi connectivity index (χ1) is 9.06. The molecule has 1 amide bonds. The standard InChI is InChI=1S/C13H17NO5S/c1-8-5-9(2)11(6-10(8)13(16)17)20(18,19)7-12(15)14(3)4/h5-6H,7H2,1-4H3,(H,16,17). The molecule has 0 heterocycles. The number of amides is 1. The Balaban J connectivity index is 3.35. The summed E-state index contributed by atoms with van der Waals surface area (Å²) in [6, 6.07) is 2.61. The lowest BCUT2D eigenvalue weighted by Crippen LogP contribution is -2.29. The van der Waals surface area contributed by atoms with E-state index in [0.717, 1.165) is 6.07 Å². The van der Waals surface area contributed by atoms with Crippen LogP contribution in [0.4, 0.5) is 0 Å². The number of carbonyl (C=O) groups is 2. The minimum atomic E-state index is -3.86. The molecular weight excluding hydrogens is 282 g/mol. The smallest absolute Gasteiger partial charge is 0.335 e. The molecule has 6 nitrogen and oxygen atoms in total. The second kappa shape index (κ2) is 5.62. The number of rotatable bonds is 4. The molecular formula is C13H17NO5S. The first kappa shape index (κ1) is 16.2. The zero-order chi connectivity index (χ0) is 15.7. The lowest BCUT2D eigenvalue weighted by atomic mass is 10.1. The van der Waals surface area contributed by atoms with Crippen molar-refractivity contribution in [2.75, 3.05) is 19.8 Å². The molecule has 0 radical (unpaired) electrons. The number of hydrogen-bond acceptors (Lipinski definition) is 4. The van der Waals surface area contributed by atoms with Gasteiger partial charge in [0.25, 0.3) is 0 Å². The first-order valence-electron chi connectivity index (χ1n) is 5.83. The molecule has 0 unspecified atom stereocenters. The van der Waals surface area contributed by atoms with E-state index in [9.17, 15) is 18.0 Å². The maximum absolute atomic E-state index is 12.2. The average molecular weight is 299 g/mol. The quantitative estimate of drug-likeness (QED) is 0.890. The molecule has 0 saturated heterocycles. The second-order valence-corrected chi connectivity index (χ2v) is 6.74. The number of aryl methyl sites for hydroxylation is 2. The molecule has 0 aliphatic heterocycles. The van der Waals surface area contributed by atoms with E-state index in [0.29, 0.717) is 11.1 Å². The number of carboxylic acid groups (broad SMARTS) is 1. The molecule has 1 aromatic rings. The Kier molecular flexibility index (Phi) is 4.54. The van der Waals surface area contributed by atoms with Gasteiger partial charge >= 0.3 is 5.97 Å². The number of sulfone groups is 1. The van der Waals surface area contributed by atoms with Crippen LogP contribution in [0.1, 0.15) is 21.5 Å². The van der Waals surface area contributed by atoms with Crippen LogP contribution in [-0.2, 0) is 14.6 Å². The molecule has 0 aromatic heterocycles. The normalized spacial score (nSPS) is 11.2. The number of nitrogens with zero attached hydrogens (tertiary/aromatic N) is 1. The van der Waals surface area contributed by atoms with Crippen LogP contribution in [0.5, 0.6) is 0 Å². The number of benzene rings is 1. The van der Waals surface area contributed by atoms with Crippen molar-refractivity contribution in [1.29, 1.82) is 0 Å². The fourth-order valence-electron chi connectivity index (χ4n) is 1.77. The van der Waals surface area contributed by atoms with E-state index in [4.69, 9.17) is 5.11 Å². The molecule has 7 heteroatoms. The van der Waals surface area contributed by atoms with Crippen molar-refractivity contribution in [2.45, 2.75) is 18.7 Å². The molecule has 0 saturated carbocycles. The summed E-state index contributed by atoms with van der Waals surface area (Å²) in [6.07, 6.45) is 0. The molecule has 0 aliphatic carbocycles. The van der Waals surface area contributed by atoms with E-state index in [-0.39, 0.29) is 10.5 Å². The van der Waals surface area contributed by atoms with Crippen LogP contribution in [0.3, 0.4) is 0 Å². The maximum Gasteiger partial charge on any atom is 0.335 e. The van der Waals surface area contributed by atoms with E-state index in [2.05, 4.69) is 0 Å². The summed E-state index contributed by atoms with van der Waals surface area (Å²) in [5, 5.41) is 9.05. The van der Waals surface area contributed by atoms with Gasteiger partial charge < -0.3 is 10.0 Å². The number of carbonyl (C=O) groups excluding carboxylic acids is 1. The Bertz CT molecular complexity index is 662. The van der Waals surface area contributed by atoms with Gasteiger partial charge in [0.1, 0.15) is 5.75 Å².